The summed E-state index contributed by atoms with van der Waals surface area (Å²) in [5, 5.41) is 26.6. The van der Waals surface area contributed by atoms with E-state index in [1.807, 2.05) is 0 Å². The Hall–Kier alpha value is -2.34. The van der Waals surface area contributed by atoms with Crippen LogP contribution in [-0.2, 0) is 4.79 Å². The molecule has 1 heterocycles. The van der Waals surface area contributed by atoms with Crippen LogP contribution in [0.25, 0.3) is 0 Å². The molecule has 16 heavy (non-hydrogen) atoms. The van der Waals surface area contributed by atoms with Gasteiger partial charge >= 0.3 is 5.97 Å². The first kappa shape index (κ1) is 11.7. The van der Waals surface area contributed by atoms with Crippen LogP contribution in [0.3, 0.4) is 0 Å². The van der Waals surface area contributed by atoms with Gasteiger partial charge in [-0.15, -0.1) is 0 Å². The summed E-state index contributed by atoms with van der Waals surface area (Å²) in [7, 11) is 0. The summed E-state index contributed by atoms with van der Waals surface area (Å²) >= 11 is 0. The molecule has 0 saturated carbocycles. The lowest BCUT2D eigenvalue weighted by Crippen LogP contribution is -2.24. The molecule has 82 valence electrons. The fourth-order valence-corrected chi connectivity index (χ4v) is 1.49. The van der Waals surface area contributed by atoms with E-state index < -0.39 is 12.0 Å². The van der Waals surface area contributed by atoms with E-state index in [-0.39, 0.29) is 17.3 Å². The van der Waals surface area contributed by atoms with Crippen molar-refractivity contribution < 1.29 is 9.90 Å². The second kappa shape index (κ2) is 4.45. The summed E-state index contributed by atoms with van der Waals surface area (Å²) in [6.07, 6.45) is 1.22. The van der Waals surface area contributed by atoms with Gasteiger partial charge in [-0.3, -0.25) is 0 Å². The van der Waals surface area contributed by atoms with Crippen molar-refractivity contribution in [3.63, 3.8) is 0 Å². The van der Waals surface area contributed by atoms with Crippen LogP contribution in [0.5, 0.6) is 0 Å². The van der Waals surface area contributed by atoms with E-state index in [4.69, 9.17) is 15.6 Å². The number of aliphatic carboxylic acids is 1. The molecule has 0 aliphatic carbocycles. The summed E-state index contributed by atoms with van der Waals surface area (Å²) < 4.78 is 1.23. The van der Waals surface area contributed by atoms with Crippen molar-refractivity contribution in [3.8, 4) is 12.1 Å². The normalized spacial score (nSPS) is 11.8. The minimum Gasteiger partial charge on any atom is -0.480 e. The van der Waals surface area contributed by atoms with Crippen LogP contribution < -0.4 is 0 Å². The number of carbonyl (C=O) groups is 1. The molecule has 6 nitrogen and oxygen atoms in total. The average molecular weight is 218 g/mol. The first-order chi connectivity index (χ1) is 7.52. The highest BCUT2D eigenvalue weighted by Gasteiger charge is 2.27. The zero-order valence-corrected chi connectivity index (χ0v) is 8.88. The Labute approximate surface area is 92.4 Å². The predicted octanol–water partition coefficient (Wildman–Crippen LogP) is 0.908. The fraction of sp³-hybridized carbons (Fsp3) is 0.400. The van der Waals surface area contributed by atoms with Crippen molar-refractivity contribution in [2.45, 2.75) is 19.9 Å². The Morgan fingerprint density at radius 3 is 2.50 bits per heavy atom. The number of imidazole rings is 1. The van der Waals surface area contributed by atoms with E-state index in [0.717, 1.165) is 0 Å². The van der Waals surface area contributed by atoms with E-state index in [9.17, 15) is 4.79 Å². The summed E-state index contributed by atoms with van der Waals surface area (Å²) in [5.41, 5.74) is -0.0574. The highest BCUT2D eigenvalue weighted by Crippen LogP contribution is 2.21. The molecule has 0 aliphatic heterocycles. The first-order valence-corrected chi connectivity index (χ1v) is 4.62. The van der Waals surface area contributed by atoms with Crippen molar-refractivity contribution in [2.75, 3.05) is 0 Å². The van der Waals surface area contributed by atoms with Gasteiger partial charge in [0.25, 0.3) is 0 Å². The molecule has 0 radical (unpaired) electrons. The molecular formula is C10H10N4O2. The highest BCUT2D eigenvalue weighted by atomic mass is 16.4. The lowest BCUT2D eigenvalue weighted by atomic mass is 10.0. The average Bonchev–Trinajstić information content (AvgIpc) is 2.59. The third kappa shape index (κ3) is 1.86. The molecule has 1 rings (SSSR count). The van der Waals surface area contributed by atoms with E-state index in [1.165, 1.54) is 10.9 Å². The summed E-state index contributed by atoms with van der Waals surface area (Å²) in [5.74, 6) is -1.25. The minimum absolute atomic E-state index is 0.0106. The zero-order valence-electron chi connectivity index (χ0n) is 8.88. The van der Waals surface area contributed by atoms with Crippen LogP contribution in [0.4, 0.5) is 0 Å². The monoisotopic (exact) mass is 218 g/mol. The molecular weight excluding hydrogens is 208 g/mol. The summed E-state index contributed by atoms with van der Waals surface area (Å²) in [6.45, 7) is 3.46. The number of rotatable bonds is 3. The molecule has 0 bridgehead atoms. The Morgan fingerprint density at radius 2 is 2.12 bits per heavy atom. The number of hydrogen-bond donors (Lipinski definition) is 1. The second-order valence-corrected chi connectivity index (χ2v) is 3.60. The summed E-state index contributed by atoms with van der Waals surface area (Å²) in [4.78, 5) is 14.8. The molecule has 1 aromatic rings. The first-order valence-electron chi connectivity index (χ1n) is 4.62. The van der Waals surface area contributed by atoms with Gasteiger partial charge in [-0.05, 0) is 5.92 Å². The van der Waals surface area contributed by atoms with Crippen LogP contribution in [0.15, 0.2) is 6.33 Å². The van der Waals surface area contributed by atoms with E-state index in [1.54, 1.807) is 26.0 Å². The molecule has 1 N–H and O–H groups in total. The van der Waals surface area contributed by atoms with Gasteiger partial charge in [-0.2, -0.15) is 10.5 Å². The van der Waals surface area contributed by atoms with Crippen LogP contribution >= 0.6 is 0 Å². The number of carboxylic acid groups (broad SMARTS) is 1. The topological polar surface area (TPSA) is 103 Å². The quantitative estimate of drug-likeness (QED) is 0.812. The van der Waals surface area contributed by atoms with Crippen molar-refractivity contribution in [2.24, 2.45) is 5.92 Å². The van der Waals surface area contributed by atoms with Gasteiger partial charge in [-0.1, -0.05) is 13.8 Å². The molecule has 6 heteroatoms. The predicted molar refractivity (Wildman–Crippen MR) is 53.2 cm³/mol. The number of nitriles is 2. The van der Waals surface area contributed by atoms with Gasteiger partial charge in [0.2, 0.25) is 0 Å². The van der Waals surface area contributed by atoms with Gasteiger partial charge in [0.05, 0.1) is 6.33 Å². The van der Waals surface area contributed by atoms with Crippen LogP contribution in [0, 0.1) is 28.6 Å². The van der Waals surface area contributed by atoms with Crippen molar-refractivity contribution >= 4 is 5.97 Å². The van der Waals surface area contributed by atoms with Crippen molar-refractivity contribution in [1.29, 1.82) is 10.5 Å². The number of hydrogen-bond acceptors (Lipinski definition) is 4. The Balaban J connectivity index is 3.33. The third-order valence-corrected chi connectivity index (χ3v) is 2.19. The van der Waals surface area contributed by atoms with Gasteiger partial charge in [0, 0.05) is 0 Å². The number of nitrogens with zero attached hydrogens (tertiary/aromatic N) is 4. The van der Waals surface area contributed by atoms with Gasteiger partial charge < -0.3 is 9.67 Å². The molecule has 0 aliphatic rings. The van der Waals surface area contributed by atoms with Crippen LogP contribution in [0.2, 0.25) is 0 Å². The molecule has 0 spiro atoms. The zero-order chi connectivity index (χ0) is 12.3. The number of carboxylic acids is 1. The fourth-order valence-electron chi connectivity index (χ4n) is 1.49. The van der Waals surface area contributed by atoms with Crippen molar-refractivity contribution in [3.05, 3.63) is 17.7 Å². The molecule has 0 fully saturated rings. The van der Waals surface area contributed by atoms with Gasteiger partial charge in [-0.25, -0.2) is 9.78 Å². The lowest BCUT2D eigenvalue weighted by Gasteiger charge is -2.18. The molecule has 0 saturated heterocycles. The van der Waals surface area contributed by atoms with Gasteiger partial charge in [0.15, 0.2) is 11.4 Å². The van der Waals surface area contributed by atoms with Crippen LogP contribution in [-0.4, -0.2) is 20.6 Å². The second-order valence-electron chi connectivity index (χ2n) is 3.60. The van der Waals surface area contributed by atoms with Crippen molar-refractivity contribution in [1.82, 2.24) is 9.55 Å². The Bertz CT molecular complexity index is 490. The SMILES string of the molecule is CC(C)C(C(=O)O)n1cnc(C#N)c1C#N. The Kier molecular flexibility index (Phi) is 3.27. The standard InChI is InChI=1S/C10H10N4O2/c1-6(2)9(10(15)16)14-5-13-7(3-11)8(14)4-12/h5-6,9H,1-2H3,(H,15,16). The van der Waals surface area contributed by atoms with E-state index >= 15 is 0 Å². The molecule has 0 amide bonds. The van der Waals surface area contributed by atoms with Crippen LogP contribution in [0.1, 0.15) is 31.3 Å². The molecule has 1 atom stereocenters. The van der Waals surface area contributed by atoms with Gasteiger partial charge in [0.1, 0.15) is 18.2 Å². The smallest absolute Gasteiger partial charge is 0.327 e. The van der Waals surface area contributed by atoms with E-state index in [2.05, 4.69) is 4.98 Å². The maximum Gasteiger partial charge on any atom is 0.327 e. The molecule has 0 aromatic carbocycles. The molecule has 1 unspecified atom stereocenters. The Morgan fingerprint density at radius 1 is 1.50 bits per heavy atom. The maximum absolute atomic E-state index is 11.1. The highest BCUT2D eigenvalue weighted by molar-refractivity contribution is 5.72. The maximum atomic E-state index is 11.1. The molecule has 1 aromatic heterocycles. The largest absolute Gasteiger partial charge is 0.480 e. The lowest BCUT2D eigenvalue weighted by molar-refractivity contribution is -0.142. The third-order valence-electron chi connectivity index (χ3n) is 2.19. The van der Waals surface area contributed by atoms with E-state index in [0.29, 0.717) is 0 Å². The minimum atomic E-state index is -1.05. The number of aromatic nitrogens is 2. The summed E-state index contributed by atoms with van der Waals surface area (Å²) in [6, 6.07) is 2.67.